The first-order chi connectivity index (χ1) is 29.5. The summed E-state index contributed by atoms with van der Waals surface area (Å²) in [5.41, 5.74) is 16.2. The van der Waals surface area contributed by atoms with E-state index >= 15 is 0 Å². The van der Waals surface area contributed by atoms with Gasteiger partial charge >= 0.3 is 0 Å². The largest absolute Gasteiger partial charge is 0.309 e. The van der Waals surface area contributed by atoms with E-state index in [4.69, 9.17) is 9.97 Å². The first-order valence-electron chi connectivity index (χ1n) is 20.7. The van der Waals surface area contributed by atoms with Crippen molar-refractivity contribution in [1.82, 2.24) is 14.5 Å². The highest BCUT2D eigenvalue weighted by molar-refractivity contribution is 6.21. The number of hydrogen-bond acceptors (Lipinski definition) is 2. The van der Waals surface area contributed by atoms with Crippen LogP contribution in [0, 0.1) is 0 Å². The van der Waals surface area contributed by atoms with E-state index in [1.54, 1.807) is 0 Å². The number of rotatable bonds is 5. The zero-order chi connectivity index (χ0) is 40.0. The van der Waals surface area contributed by atoms with Crippen molar-refractivity contribution in [3.8, 4) is 61.8 Å². The van der Waals surface area contributed by atoms with Gasteiger partial charge in [-0.05, 0) is 79.2 Å². The van der Waals surface area contributed by atoms with E-state index in [2.05, 4.69) is 206 Å². The third-order valence-corrected chi connectivity index (χ3v) is 12.8. The average Bonchev–Trinajstić information content (AvgIpc) is 3.78. The number of aromatic nitrogens is 3. The van der Waals surface area contributed by atoms with Gasteiger partial charge in [0, 0.05) is 38.6 Å². The van der Waals surface area contributed by atoms with Crippen LogP contribution in [0.15, 0.2) is 200 Å². The smallest absolute Gasteiger partial charge is 0.160 e. The Morgan fingerprint density at radius 2 is 0.883 bits per heavy atom. The third-order valence-electron chi connectivity index (χ3n) is 12.8. The van der Waals surface area contributed by atoms with Crippen LogP contribution in [0.3, 0.4) is 0 Å². The van der Waals surface area contributed by atoms with Gasteiger partial charge in [-0.1, -0.05) is 190 Å². The van der Waals surface area contributed by atoms with Crippen molar-refractivity contribution in [1.29, 1.82) is 0 Å². The molecule has 0 saturated heterocycles. The average molecular weight is 766 g/mol. The second-order valence-corrected chi connectivity index (χ2v) is 16.5. The lowest BCUT2D eigenvalue weighted by atomic mass is 9.78. The molecular formula is C57H39N3. The van der Waals surface area contributed by atoms with Gasteiger partial charge in [0.2, 0.25) is 0 Å². The number of hydrogen-bond donors (Lipinski definition) is 0. The highest BCUT2D eigenvalue weighted by Gasteiger charge is 2.41. The minimum absolute atomic E-state index is 0.242. The molecule has 12 rings (SSSR count). The zero-order valence-electron chi connectivity index (χ0n) is 33.4. The molecule has 2 heterocycles. The summed E-state index contributed by atoms with van der Waals surface area (Å²) in [6.45, 7) is 4.86. The fourth-order valence-electron chi connectivity index (χ4n) is 10.1. The summed E-state index contributed by atoms with van der Waals surface area (Å²) in [6, 6.07) is 72.1. The Bertz CT molecular complexity index is 3410. The van der Waals surface area contributed by atoms with E-state index in [1.807, 2.05) is 12.1 Å². The van der Waals surface area contributed by atoms with Crippen molar-refractivity contribution < 1.29 is 0 Å². The summed E-state index contributed by atoms with van der Waals surface area (Å²) < 4.78 is 2.51. The van der Waals surface area contributed by atoms with Crippen LogP contribution < -0.4 is 0 Å². The molecule has 0 bridgehead atoms. The topological polar surface area (TPSA) is 30.7 Å². The quantitative estimate of drug-likeness (QED) is 0.163. The Hall–Kier alpha value is -7.62. The van der Waals surface area contributed by atoms with Crippen LogP contribution >= 0.6 is 0 Å². The van der Waals surface area contributed by atoms with E-state index in [9.17, 15) is 0 Å². The van der Waals surface area contributed by atoms with E-state index in [-0.39, 0.29) is 5.41 Å². The van der Waals surface area contributed by atoms with Crippen LogP contribution in [0.5, 0.6) is 0 Å². The molecule has 0 radical (unpaired) electrons. The SMILES string of the molecule is CC1(C)c2c(c3ccccc3c3ccccc23)-c2ccc3c4ccccc4n(-c4ccc(-c5ccc(-c6nc(-c7ccccc7)cc(-c7ccccc7)n6)cc5)cc4)c3c21. The minimum atomic E-state index is -0.242. The molecule has 0 amide bonds. The monoisotopic (exact) mass is 765 g/mol. The fourth-order valence-corrected chi connectivity index (χ4v) is 10.1. The maximum atomic E-state index is 5.06. The molecule has 3 heteroatoms. The first-order valence-corrected chi connectivity index (χ1v) is 20.7. The molecular weight excluding hydrogens is 727 g/mol. The predicted molar refractivity (Wildman–Crippen MR) is 251 cm³/mol. The van der Waals surface area contributed by atoms with Crippen LogP contribution in [0.4, 0.5) is 0 Å². The minimum Gasteiger partial charge on any atom is -0.309 e. The molecule has 0 N–H and O–H groups in total. The Kier molecular flexibility index (Phi) is 7.58. The molecule has 0 saturated carbocycles. The first kappa shape index (κ1) is 34.4. The zero-order valence-corrected chi connectivity index (χ0v) is 33.4. The van der Waals surface area contributed by atoms with Crippen molar-refractivity contribution in [2.75, 3.05) is 0 Å². The van der Waals surface area contributed by atoms with E-state index in [0.29, 0.717) is 5.82 Å². The summed E-state index contributed by atoms with van der Waals surface area (Å²) in [6.07, 6.45) is 0. The Balaban J connectivity index is 0.971. The summed E-state index contributed by atoms with van der Waals surface area (Å²) in [5, 5.41) is 7.84. The molecule has 60 heavy (non-hydrogen) atoms. The third kappa shape index (κ3) is 5.15. The van der Waals surface area contributed by atoms with E-state index in [1.165, 1.54) is 65.6 Å². The Morgan fingerprint density at radius 1 is 0.383 bits per heavy atom. The fraction of sp³-hybridized carbons (Fsp3) is 0.0526. The molecule has 1 aliphatic rings. The van der Waals surface area contributed by atoms with Gasteiger partial charge in [0.1, 0.15) is 0 Å². The van der Waals surface area contributed by atoms with E-state index < -0.39 is 0 Å². The van der Waals surface area contributed by atoms with E-state index in [0.717, 1.165) is 44.9 Å². The van der Waals surface area contributed by atoms with Crippen molar-refractivity contribution in [3.05, 3.63) is 211 Å². The van der Waals surface area contributed by atoms with Gasteiger partial charge in [0.05, 0.1) is 22.4 Å². The molecule has 0 fully saturated rings. The van der Waals surface area contributed by atoms with Crippen LogP contribution in [-0.2, 0) is 5.41 Å². The molecule has 0 unspecified atom stereocenters. The van der Waals surface area contributed by atoms with Crippen molar-refractivity contribution in [2.24, 2.45) is 0 Å². The Morgan fingerprint density at radius 3 is 1.52 bits per heavy atom. The highest BCUT2D eigenvalue weighted by atomic mass is 15.0. The standard InChI is InChI=1S/C57H39N3/c1-57(2)53-46-23-12-10-20-43(46)42-19-9-11-22-45(42)52(53)48-34-33-47-44-21-13-14-24-51(44)60(55(47)54(48)57)41-31-29-37(30-32-41)36-25-27-40(28-26-36)56-58-49(38-15-5-3-6-16-38)35-50(59-56)39-17-7-4-8-18-39/h3-35H,1-2H3. The van der Waals surface area contributed by atoms with Crippen LogP contribution in [0.1, 0.15) is 25.0 Å². The molecule has 2 aromatic heterocycles. The second kappa shape index (κ2) is 13.2. The van der Waals surface area contributed by atoms with Crippen molar-refractivity contribution >= 4 is 43.4 Å². The predicted octanol–water partition coefficient (Wildman–Crippen LogP) is 14.9. The van der Waals surface area contributed by atoms with Crippen molar-refractivity contribution in [2.45, 2.75) is 19.3 Å². The van der Waals surface area contributed by atoms with Gasteiger partial charge in [-0.2, -0.15) is 0 Å². The molecule has 0 aliphatic heterocycles. The molecule has 9 aromatic carbocycles. The van der Waals surface area contributed by atoms with Gasteiger partial charge in [-0.25, -0.2) is 9.97 Å². The molecule has 282 valence electrons. The maximum absolute atomic E-state index is 5.06. The van der Waals surface area contributed by atoms with Crippen LogP contribution in [-0.4, -0.2) is 14.5 Å². The lowest BCUT2D eigenvalue weighted by Gasteiger charge is -2.25. The Labute approximate surface area is 348 Å². The molecule has 0 atom stereocenters. The summed E-state index contributed by atoms with van der Waals surface area (Å²) >= 11 is 0. The van der Waals surface area contributed by atoms with Gasteiger partial charge in [0.25, 0.3) is 0 Å². The van der Waals surface area contributed by atoms with Crippen molar-refractivity contribution in [3.63, 3.8) is 0 Å². The van der Waals surface area contributed by atoms with Crippen LogP contribution in [0.2, 0.25) is 0 Å². The number of para-hydroxylation sites is 1. The van der Waals surface area contributed by atoms with Gasteiger partial charge in [-0.15, -0.1) is 0 Å². The summed E-state index contributed by atoms with van der Waals surface area (Å²) in [4.78, 5) is 10.1. The van der Waals surface area contributed by atoms with Gasteiger partial charge < -0.3 is 4.57 Å². The second-order valence-electron chi connectivity index (χ2n) is 16.5. The lowest BCUT2D eigenvalue weighted by molar-refractivity contribution is 0.670. The summed E-state index contributed by atoms with van der Waals surface area (Å²) in [5.74, 6) is 0.710. The highest BCUT2D eigenvalue weighted by Crippen LogP contribution is 2.57. The number of nitrogens with zero attached hydrogens (tertiary/aromatic N) is 3. The van der Waals surface area contributed by atoms with Gasteiger partial charge in [-0.3, -0.25) is 0 Å². The molecule has 0 spiro atoms. The molecule has 1 aliphatic carbocycles. The molecule has 11 aromatic rings. The number of fused-ring (bicyclic) bond motifs is 12. The molecule has 3 nitrogen and oxygen atoms in total. The van der Waals surface area contributed by atoms with Crippen LogP contribution in [0.25, 0.3) is 105 Å². The maximum Gasteiger partial charge on any atom is 0.160 e. The number of benzene rings is 9. The van der Waals surface area contributed by atoms with Gasteiger partial charge in [0.15, 0.2) is 5.82 Å². The summed E-state index contributed by atoms with van der Waals surface area (Å²) in [7, 11) is 0. The lowest BCUT2D eigenvalue weighted by Crippen LogP contribution is -2.17. The normalized spacial score (nSPS) is 13.0.